The quantitative estimate of drug-likeness (QED) is 0.0400. The van der Waals surface area contributed by atoms with Crippen LogP contribution in [0.5, 0.6) is 5.75 Å². The summed E-state index contributed by atoms with van der Waals surface area (Å²) in [6.07, 6.45) is 0.0769. The van der Waals surface area contributed by atoms with Gasteiger partial charge in [0.05, 0.1) is 0 Å². The number of likely N-dealkylation sites (tertiary alicyclic amines) is 1. The van der Waals surface area contributed by atoms with Crippen LogP contribution < -0.4 is 20.7 Å². The van der Waals surface area contributed by atoms with Crippen LogP contribution in [0.4, 0.5) is 5.69 Å². The third-order valence-electron chi connectivity index (χ3n) is 9.08. The van der Waals surface area contributed by atoms with E-state index in [2.05, 4.69) is 0 Å². The minimum absolute atomic E-state index is 0.00510. The van der Waals surface area contributed by atoms with Crippen molar-refractivity contribution >= 4 is 46.5 Å². The van der Waals surface area contributed by atoms with Gasteiger partial charge in [0.15, 0.2) is 0 Å². The van der Waals surface area contributed by atoms with Crippen LogP contribution in [0.2, 0.25) is 0 Å². The number of methoxy groups -OCH3 is 1. The Morgan fingerprint density at radius 3 is 1.80 bits per heavy atom. The zero-order chi connectivity index (χ0) is 34.4. The number of Topliss-reactive ketones (excluding diaryl/α,β-unsaturated/α-hetero) is 1. The van der Waals surface area contributed by atoms with Crippen molar-refractivity contribution in [3.8, 4) is 5.75 Å². The van der Waals surface area contributed by atoms with Crippen molar-refractivity contribution in [2.24, 2.45) is 0 Å². The second kappa shape index (κ2) is 14.6. The second-order valence-corrected chi connectivity index (χ2v) is 15.7. The van der Waals surface area contributed by atoms with E-state index in [1.807, 2.05) is 91.0 Å². The molecular weight excluding hydrogens is 639 g/mol. The molecule has 2 unspecified atom stereocenters. The fourth-order valence-electron chi connectivity index (χ4n) is 6.75. The molecule has 1 heterocycles. The van der Waals surface area contributed by atoms with E-state index in [1.54, 1.807) is 54.5 Å². The number of carbonyl (C=O) groups excluding carboxylic acids is 3. The summed E-state index contributed by atoms with van der Waals surface area (Å²) >= 11 is 0. The molecule has 248 valence electrons. The van der Waals surface area contributed by atoms with Crippen LogP contribution in [0.3, 0.4) is 0 Å². The predicted octanol–water partition coefficient (Wildman–Crippen LogP) is 5.57. The van der Waals surface area contributed by atoms with E-state index >= 15 is 0 Å². The Hall–Kier alpha value is -5.66. The van der Waals surface area contributed by atoms with Gasteiger partial charge in [0.2, 0.25) is 0 Å². The molecule has 1 amide bonds. The normalized spacial score (nSPS) is 15.1. The van der Waals surface area contributed by atoms with Crippen LogP contribution in [0, 0.1) is 10.1 Å². The Bertz CT molecular complexity index is 1860. The monoisotopic (exact) mass is 674 g/mol. The summed E-state index contributed by atoms with van der Waals surface area (Å²) in [5.74, 6) is -1.69. The van der Waals surface area contributed by atoms with Gasteiger partial charge in [-0.3, -0.25) is 0 Å². The summed E-state index contributed by atoms with van der Waals surface area (Å²) in [6, 6.07) is 41.2. The van der Waals surface area contributed by atoms with Gasteiger partial charge < -0.3 is 0 Å². The standard InChI is InChI=1S/C39H35N2O7P/c1-47-31-23-21-28(22-24-31)36(42)25-30-26-37(43)40(30)38(39(44)48-27-29-13-11-12-20-35(29)41(45)46)49(32-14-5-2-6-15-32,33-16-7-3-8-17-33)34-18-9-4-10-19-34/h2-24,30,38,49H,25-27H2,1H3. The van der Waals surface area contributed by atoms with E-state index in [4.69, 9.17) is 9.47 Å². The number of ether oxygens (including phenoxy) is 2. The van der Waals surface area contributed by atoms with Crippen LogP contribution in [-0.2, 0) is 20.9 Å². The number of nitro benzene ring substituents is 1. The van der Waals surface area contributed by atoms with Gasteiger partial charge in [0, 0.05) is 0 Å². The number of esters is 1. The molecule has 0 bridgehead atoms. The van der Waals surface area contributed by atoms with E-state index in [9.17, 15) is 24.5 Å². The first-order valence-electron chi connectivity index (χ1n) is 15.9. The van der Waals surface area contributed by atoms with Crippen molar-refractivity contribution in [1.82, 2.24) is 4.90 Å². The van der Waals surface area contributed by atoms with Crippen molar-refractivity contribution in [1.29, 1.82) is 0 Å². The molecule has 0 N–H and O–H groups in total. The second-order valence-electron chi connectivity index (χ2n) is 11.8. The first kappa shape index (κ1) is 33.2. The number of carbonyl (C=O) groups is 3. The van der Waals surface area contributed by atoms with Gasteiger partial charge in [0.25, 0.3) is 0 Å². The van der Waals surface area contributed by atoms with Crippen LogP contribution in [0.1, 0.15) is 28.8 Å². The summed E-state index contributed by atoms with van der Waals surface area (Å²) in [5.41, 5.74) is 0.521. The molecule has 1 aliphatic rings. The number of rotatable bonds is 13. The minimum atomic E-state index is -3.58. The van der Waals surface area contributed by atoms with E-state index in [1.165, 1.54) is 6.07 Å². The number of hydrogen-bond acceptors (Lipinski definition) is 7. The Labute approximate surface area is 284 Å². The van der Waals surface area contributed by atoms with E-state index < -0.39 is 30.0 Å². The van der Waals surface area contributed by atoms with Crippen LogP contribution in [-0.4, -0.2) is 46.4 Å². The predicted molar refractivity (Wildman–Crippen MR) is 190 cm³/mol. The van der Waals surface area contributed by atoms with Crippen molar-refractivity contribution in [3.63, 3.8) is 0 Å². The molecule has 1 saturated heterocycles. The zero-order valence-electron chi connectivity index (χ0n) is 26.8. The van der Waals surface area contributed by atoms with Crippen LogP contribution in [0.25, 0.3) is 0 Å². The van der Waals surface area contributed by atoms with Gasteiger partial charge in [-0.05, 0) is 0 Å². The van der Waals surface area contributed by atoms with Gasteiger partial charge in [-0.1, -0.05) is 0 Å². The summed E-state index contributed by atoms with van der Waals surface area (Å²) in [7, 11) is -2.03. The molecule has 0 saturated carbocycles. The summed E-state index contributed by atoms with van der Waals surface area (Å²) < 4.78 is 11.3. The third-order valence-corrected chi connectivity index (χ3v) is 14.1. The Morgan fingerprint density at radius 1 is 0.796 bits per heavy atom. The summed E-state index contributed by atoms with van der Waals surface area (Å²) in [6.45, 7) is -0.368. The average Bonchev–Trinajstić information content (AvgIpc) is 3.15. The fourth-order valence-corrected chi connectivity index (χ4v) is 12.1. The molecule has 1 fully saturated rings. The molecule has 49 heavy (non-hydrogen) atoms. The third kappa shape index (κ3) is 6.58. The Kier molecular flexibility index (Phi) is 9.92. The van der Waals surface area contributed by atoms with Gasteiger partial charge >= 0.3 is 285 Å². The molecule has 5 aromatic carbocycles. The van der Waals surface area contributed by atoms with Crippen molar-refractivity contribution in [2.45, 2.75) is 31.3 Å². The van der Waals surface area contributed by atoms with Crippen molar-refractivity contribution < 1.29 is 28.8 Å². The first-order valence-corrected chi connectivity index (χ1v) is 18.0. The molecular formula is C39H35N2O7P. The average molecular weight is 675 g/mol. The molecule has 0 radical (unpaired) electrons. The van der Waals surface area contributed by atoms with Crippen molar-refractivity contribution in [2.75, 3.05) is 7.11 Å². The number of amides is 1. The van der Waals surface area contributed by atoms with Gasteiger partial charge in [0.1, 0.15) is 0 Å². The molecule has 1 aliphatic heterocycles. The van der Waals surface area contributed by atoms with Crippen molar-refractivity contribution in [3.05, 3.63) is 161 Å². The maximum absolute atomic E-state index is 14.9. The Morgan fingerprint density at radius 2 is 1.31 bits per heavy atom. The van der Waals surface area contributed by atoms with Gasteiger partial charge in [-0.25, -0.2) is 0 Å². The molecule has 0 spiro atoms. The topological polar surface area (TPSA) is 116 Å². The van der Waals surface area contributed by atoms with Crippen LogP contribution in [0.15, 0.2) is 140 Å². The number of benzene rings is 5. The SMILES string of the molecule is COc1ccc(C(=O)CC2CC(=O)N2C(C(=O)OCc2ccccc2[N+](=O)[O-])[PH](c2ccccc2)(c2ccccc2)c2ccccc2)cc1. The number of nitro groups is 1. The summed E-state index contributed by atoms with van der Waals surface area (Å²) in [4.78, 5) is 55.2. The van der Waals surface area contributed by atoms with Gasteiger partial charge in [-0.2, -0.15) is 0 Å². The number of nitrogens with zero attached hydrogens (tertiary/aromatic N) is 2. The molecule has 2 atom stereocenters. The molecule has 0 aromatic heterocycles. The molecule has 5 aromatic rings. The molecule has 9 nitrogen and oxygen atoms in total. The maximum atomic E-state index is 14.9. The van der Waals surface area contributed by atoms with Crippen LogP contribution >= 0.6 is 7.26 Å². The van der Waals surface area contributed by atoms with E-state index in [0.717, 1.165) is 15.9 Å². The Balaban J connectivity index is 1.50. The fraction of sp³-hybridized carbons (Fsp3) is 0.154. The van der Waals surface area contributed by atoms with E-state index in [-0.39, 0.29) is 42.4 Å². The van der Waals surface area contributed by atoms with E-state index in [0.29, 0.717) is 11.3 Å². The zero-order valence-corrected chi connectivity index (χ0v) is 27.8. The van der Waals surface area contributed by atoms with Gasteiger partial charge in [-0.15, -0.1) is 0 Å². The summed E-state index contributed by atoms with van der Waals surface area (Å²) in [5, 5.41) is 14.4. The molecule has 10 heteroatoms. The number of para-hydroxylation sites is 1. The molecule has 0 aliphatic carbocycles. The molecule has 6 rings (SSSR count). The number of β-lactam (4-membered cyclic amide) rings is 1. The number of ketones is 1. The number of hydrogen-bond donors (Lipinski definition) is 0. The first-order chi connectivity index (χ1) is 23.8.